The van der Waals surface area contributed by atoms with E-state index in [-0.39, 0.29) is 0 Å². The average molecular weight is 251 g/mol. The van der Waals surface area contributed by atoms with E-state index in [2.05, 4.69) is 19.6 Å². The summed E-state index contributed by atoms with van der Waals surface area (Å²) in [5, 5.41) is 4.66. The molecule has 1 aromatic carbocycles. The van der Waals surface area contributed by atoms with Crippen LogP contribution in [0.5, 0.6) is 0 Å². The second-order valence-electron chi connectivity index (χ2n) is 3.43. The van der Waals surface area contributed by atoms with Crippen molar-refractivity contribution in [1.29, 1.82) is 0 Å². The van der Waals surface area contributed by atoms with E-state index in [1.54, 1.807) is 0 Å². The highest BCUT2D eigenvalue weighted by Gasteiger charge is 2.11. The van der Waals surface area contributed by atoms with Gasteiger partial charge >= 0.3 is 0 Å². The standard InChI is InChI=1S/C10H7ClN4S/c1-5-9(16-15-14-5)10-12-7-3-2-6(11)4-8(7)13-10/h2-4H,1H3,(H,12,13). The molecule has 0 aliphatic rings. The molecule has 0 atom stereocenters. The van der Waals surface area contributed by atoms with Crippen LogP contribution in [0.1, 0.15) is 5.69 Å². The molecule has 0 aliphatic carbocycles. The lowest BCUT2D eigenvalue weighted by molar-refractivity contribution is 1.09. The Labute approximate surface area is 100 Å². The number of hydrogen-bond acceptors (Lipinski definition) is 4. The first kappa shape index (κ1) is 9.74. The summed E-state index contributed by atoms with van der Waals surface area (Å²) in [6.07, 6.45) is 0. The summed E-state index contributed by atoms with van der Waals surface area (Å²) >= 11 is 7.25. The van der Waals surface area contributed by atoms with Gasteiger partial charge in [-0.05, 0) is 36.7 Å². The van der Waals surface area contributed by atoms with E-state index in [4.69, 9.17) is 11.6 Å². The van der Waals surface area contributed by atoms with Crippen molar-refractivity contribution in [2.75, 3.05) is 0 Å². The molecule has 0 saturated heterocycles. The van der Waals surface area contributed by atoms with Gasteiger partial charge in [-0.3, -0.25) is 0 Å². The minimum atomic E-state index is 0.696. The molecule has 0 unspecified atom stereocenters. The van der Waals surface area contributed by atoms with E-state index < -0.39 is 0 Å². The van der Waals surface area contributed by atoms with Gasteiger partial charge in [-0.15, -0.1) is 5.10 Å². The Bertz CT molecular complexity index is 658. The summed E-state index contributed by atoms with van der Waals surface area (Å²) in [4.78, 5) is 8.65. The zero-order valence-electron chi connectivity index (χ0n) is 8.36. The van der Waals surface area contributed by atoms with Crippen molar-refractivity contribution in [1.82, 2.24) is 19.6 Å². The van der Waals surface area contributed by atoms with Gasteiger partial charge in [0.25, 0.3) is 0 Å². The largest absolute Gasteiger partial charge is 0.337 e. The molecule has 0 spiro atoms. The molecule has 16 heavy (non-hydrogen) atoms. The van der Waals surface area contributed by atoms with Crippen LogP contribution >= 0.6 is 23.1 Å². The number of aryl methyl sites for hydroxylation is 1. The van der Waals surface area contributed by atoms with E-state index in [1.807, 2.05) is 25.1 Å². The van der Waals surface area contributed by atoms with Gasteiger partial charge in [0.1, 0.15) is 4.88 Å². The molecule has 0 fully saturated rings. The van der Waals surface area contributed by atoms with Crippen LogP contribution in [0.4, 0.5) is 0 Å². The molecule has 80 valence electrons. The SMILES string of the molecule is Cc1nnsc1-c1nc2ccc(Cl)cc2[nH]1. The number of imidazole rings is 1. The molecule has 4 nitrogen and oxygen atoms in total. The van der Waals surface area contributed by atoms with Crippen LogP contribution in [0.2, 0.25) is 5.02 Å². The van der Waals surface area contributed by atoms with Crippen LogP contribution in [0.3, 0.4) is 0 Å². The third-order valence-electron chi connectivity index (χ3n) is 2.31. The lowest BCUT2D eigenvalue weighted by Gasteiger charge is -1.88. The van der Waals surface area contributed by atoms with Gasteiger partial charge in [0, 0.05) is 5.02 Å². The van der Waals surface area contributed by atoms with Crippen LogP contribution in [0.25, 0.3) is 21.7 Å². The zero-order valence-corrected chi connectivity index (χ0v) is 9.93. The molecule has 0 radical (unpaired) electrons. The first-order valence-electron chi connectivity index (χ1n) is 4.68. The summed E-state index contributed by atoms with van der Waals surface area (Å²) < 4.78 is 3.89. The van der Waals surface area contributed by atoms with E-state index in [1.165, 1.54) is 11.5 Å². The predicted molar refractivity (Wildman–Crippen MR) is 64.7 cm³/mol. The van der Waals surface area contributed by atoms with E-state index in [9.17, 15) is 0 Å². The molecule has 1 N–H and O–H groups in total. The summed E-state index contributed by atoms with van der Waals surface area (Å²) in [5.41, 5.74) is 2.71. The molecule has 3 rings (SSSR count). The van der Waals surface area contributed by atoms with Crippen molar-refractivity contribution in [3.8, 4) is 10.7 Å². The minimum absolute atomic E-state index is 0.696. The van der Waals surface area contributed by atoms with Gasteiger partial charge in [-0.1, -0.05) is 16.1 Å². The highest BCUT2D eigenvalue weighted by atomic mass is 35.5. The van der Waals surface area contributed by atoms with Gasteiger partial charge < -0.3 is 4.98 Å². The molecule has 2 aromatic heterocycles. The van der Waals surface area contributed by atoms with Crippen LogP contribution in [0.15, 0.2) is 18.2 Å². The van der Waals surface area contributed by atoms with Crippen LogP contribution in [-0.2, 0) is 0 Å². The number of H-pyrrole nitrogens is 1. The fourth-order valence-electron chi connectivity index (χ4n) is 1.54. The molecule has 6 heteroatoms. The molecule has 0 bridgehead atoms. The van der Waals surface area contributed by atoms with E-state index >= 15 is 0 Å². The predicted octanol–water partition coefficient (Wildman–Crippen LogP) is 3.04. The first-order chi connectivity index (χ1) is 7.74. The van der Waals surface area contributed by atoms with Gasteiger partial charge in [-0.2, -0.15) is 0 Å². The smallest absolute Gasteiger partial charge is 0.152 e. The molecular weight excluding hydrogens is 244 g/mol. The summed E-state index contributed by atoms with van der Waals surface area (Å²) in [5.74, 6) is 0.796. The maximum absolute atomic E-state index is 5.91. The number of halogens is 1. The van der Waals surface area contributed by atoms with Crippen molar-refractivity contribution in [3.63, 3.8) is 0 Å². The van der Waals surface area contributed by atoms with Crippen molar-refractivity contribution < 1.29 is 0 Å². The highest BCUT2D eigenvalue weighted by molar-refractivity contribution is 7.09. The van der Waals surface area contributed by atoms with Gasteiger partial charge in [0.05, 0.1) is 16.7 Å². The third-order valence-corrected chi connectivity index (χ3v) is 3.38. The Morgan fingerprint density at radius 1 is 1.38 bits per heavy atom. The summed E-state index contributed by atoms with van der Waals surface area (Å²) in [6.45, 7) is 1.92. The number of aromatic amines is 1. The maximum atomic E-state index is 5.91. The fraction of sp³-hybridized carbons (Fsp3) is 0.100. The Hall–Kier alpha value is -1.46. The van der Waals surface area contributed by atoms with Crippen molar-refractivity contribution >= 4 is 34.2 Å². The first-order valence-corrected chi connectivity index (χ1v) is 5.84. The molecule has 3 aromatic rings. The van der Waals surface area contributed by atoms with Gasteiger partial charge in [0.2, 0.25) is 0 Å². The quantitative estimate of drug-likeness (QED) is 0.722. The molecule has 0 amide bonds. The van der Waals surface area contributed by atoms with Crippen molar-refractivity contribution in [2.45, 2.75) is 6.92 Å². The van der Waals surface area contributed by atoms with E-state index in [0.29, 0.717) is 5.02 Å². The Morgan fingerprint density at radius 2 is 2.25 bits per heavy atom. The fourth-order valence-corrected chi connectivity index (χ4v) is 2.31. The molecule has 0 saturated carbocycles. The van der Waals surface area contributed by atoms with E-state index in [0.717, 1.165) is 27.4 Å². The maximum Gasteiger partial charge on any atom is 0.152 e. The van der Waals surface area contributed by atoms with Crippen molar-refractivity contribution in [3.05, 3.63) is 28.9 Å². The lowest BCUT2D eigenvalue weighted by atomic mass is 10.3. The van der Waals surface area contributed by atoms with Gasteiger partial charge in [-0.25, -0.2) is 4.98 Å². The second-order valence-corrected chi connectivity index (χ2v) is 4.62. The normalized spacial score (nSPS) is 11.1. The summed E-state index contributed by atoms with van der Waals surface area (Å²) in [6, 6.07) is 5.57. The minimum Gasteiger partial charge on any atom is -0.337 e. The molecular formula is C10H7ClN4S. The number of nitrogens with zero attached hydrogens (tertiary/aromatic N) is 3. The number of rotatable bonds is 1. The Kier molecular flexibility index (Phi) is 2.15. The number of aromatic nitrogens is 4. The number of nitrogens with one attached hydrogen (secondary N) is 1. The third kappa shape index (κ3) is 1.48. The number of hydrogen-bond donors (Lipinski definition) is 1. The topological polar surface area (TPSA) is 54.5 Å². The van der Waals surface area contributed by atoms with Crippen LogP contribution in [-0.4, -0.2) is 19.6 Å². The molecule has 0 aliphatic heterocycles. The molecule has 2 heterocycles. The second kappa shape index (κ2) is 3.54. The number of benzene rings is 1. The van der Waals surface area contributed by atoms with Crippen molar-refractivity contribution in [2.24, 2.45) is 0 Å². The lowest BCUT2D eigenvalue weighted by Crippen LogP contribution is -1.79. The Morgan fingerprint density at radius 3 is 3.00 bits per heavy atom. The number of fused-ring (bicyclic) bond motifs is 1. The highest BCUT2D eigenvalue weighted by Crippen LogP contribution is 2.26. The zero-order chi connectivity index (χ0) is 11.1. The summed E-state index contributed by atoms with van der Waals surface area (Å²) in [7, 11) is 0. The Balaban J connectivity index is 2.23. The average Bonchev–Trinajstić information content (AvgIpc) is 2.82. The van der Waals surface area contributed by atoms with Crippen LogP contribution < -0.4 is 0 Å². The van der Waals surface area contributed by atoms with Crippen LogP contribution in [0, 0.1) is 6.92 Å². The monoisotopic (exact) mass is 250 g/mol. The van der Waals surface area contributed by atoms with Gasteiger partial charge in [0.15, 0.2) is 5.82 Å².